The van der Waals surface area contributed by atoms with Gasteiger partial charge < -0.3 is 19.1 Å². The Morgan fingerprint density at radius 3 is 2.20 bits per heavy atom. The summed E-state index contributed by atoms with van der Waals surface area (Å²) in [4.78, 5) is 49.6. The lowest BCUT2D eigenvalue weighted by atomic mass is 9.97. The Kier molecular flexibility index (Phi) is 9.31. The van der Waals surface area contributed by atoms with E-state index in [4.69, 9.17) is 14.2 Å². The molecule has 1 saturated heterocycles. The second kappa shape index (κ2) is 11.9. The molecule has 0 aliphatic carbocycles. The maximum atomic E-state index is 12.2. The molecule has 0 bridgehead atoms. The predicted molar refractivity (Wildman–Crippen MR) is 108 cm³/mol. The fraction of sp³-hybridized carbons (Fsp3) is 0.545. The number of Topliss-reactive ketones (excluding diaryl/α,β-unsaturated/α-hetero) is 1. The zero-order valence-corrected chi connectivity index (χ0v) is 17.6. The monoisotopic (exact) mass is 419 g/mol. The third-order valence-corrected chi connectivity index (χ3v) is 4.87. The summed E-state index contributed by atoms with van der Waals surface area (Å²) < 4.78 is 15.3. The number of hydrogen-bond acceptors (Lipinski definition) is 7. The standard InChI is InChI=1S/C22H29NO7/c1-3-28-18-7-5-16(6-8-18)19(24)9-10-21(26)30-15-20(25)23-13-11-17(12-14-23)22(27)29-4-2/h5-8,17H,3-4,9-15H2,1-2H3. The molecule has 8 heteroatoms. The van der Waals surface area contributed by atoms with Gasteiger partial charge in [-0.2, -0.15) is 0 Å². The van der Waals surface area contributed by atoms with Gasteiger partial charge in [0.25, 0.3) is 5.91 Å². The molecule has 0 atom stereocenters. The fourth-order valence-corrected chi connectivity index (χ4v) is 3.19. The van der Waals surface area contributed by atoms with Crippen LogP contribution in [-0.4, -0.2) is 61.4 Å². The van der Waals surface area contributed by atoms with Crippen molar-refractivity contribution in [2.45, 2.75) is 39.5 Å². The van der Waals surface area contributed by atoms with Gasteiger partial charge in [-0.05, 0) is 51.0 Å². The van der Waals surface area contributed by atoms with E-state index in [1.807, 2.05) is 6.92 Å². The van der Waals surface area contributed by atoms with E-state index in [1.54, 1.807) is 36.1 Å². The van der Waals surface area contributed by atoms with Crippen molar-refractivity contribution in [1.29, 1.82) is 0 Å². The lowest BCUT2D eigenvalue weighted by Crippen LogP contribution is -2.42. The molecule has 164 valence electrons. The van der Waals surface area contributed by atoms with Gasteiger partial charge in [-0.25, -0.2) is 0 Å². The molecule has 1 aromatic carbocycles. The zero-order chi connectivity index (χ0) is 21.9. The van der Waals surface area contributed by atoms with E-state index in [0.717, 1.165) is 0 Å². The van der Waals surface area contributed by atoms with Crippen molar-refractivity contribution in [3.63, 3.8) is 0 Å². The van der Waals surface area contributed by atoms with Gasteiger partial charge >= 0.3 is 11.9 Å². The Balaban J connectivity index is 1.67. The average molecular weight is 419 g/mol. The van der Waals surface area contributed by atoms with E-state index in [9.17, 15) is 19.2 Å². The lowest BCUT2D eigenvalue weighted by Gasteiger charge is -2.30. The average Bonchev–Trinajstić information content (AvgIpc) is 2.76. The SMILES string of the molecule is CCOC(=O)C1CCN(C(=O)COC(=O)CCC(=O)c2ccc(OCC)cc2)CC1. The van der Waals surface area contributed by atoms with Crippen LogP contribution in [0.2, 0.25) is 0 Å². The summed E-state index contributed by atoms with van der Waals surface area (Å²) in [6.45, 7) is 5.01. The van der Waals surface area contributed by atoms with Crippen LogP contribution in [0.25, 0.3) is 0 Å². The molecule has 8 nitrogen and oxygen atoms in total. The van der Waals surface area contributed by atoms with Crippen LogP contribution >= 0.6 is 0 Å². The quantitative estimate of drug-likeness (QED) is 0.424. The Hall–Kier alpha value is -2.90. The van der Waals surface area contributed by atoms with E-state index in [2.05, 4.69) is 0 Å². The van der Waals surface area contributed by atoms with Gasteiger partial charge in [-0.15, -0.1) is 0 Å². The minimum Gasteiger partial charge on any atom is -0.494 e. The van der Waals surface area contributed by atoms with Crippen LogP contribution in [0, 0.1) is 5.92 Å². The number of amides is 1. The van der Waals surface area contributed by atoms with Crippen LogP contribution in [0.4, 0.5) is 0 Å². The van der Waals surface area contributed by atoms with E-state index >= 15 is 0 Å². The number of likely N-dealkylation sites (tertiary alicyclic amines) is 1. The Labute approximate surface area is 176 Å². The second-order valence-electron chi connectivity index (χ2n) is 6.95. The predicted octanol–water partition coefficient (Wildman–Crippen LogP) is 2.39. The smallest absolute Gasteiger partial charge is 0.309 e. The summed E-state index contributed by atoms with van der Waals surface area (Å²) in [7, 11) is 0. The number of rotatable bonds is 10. The molecular weight excluding hydrogens is 390 g/mol. The van der Waals surface area contributed by atoms with E-state index in [0.29, 0.717) is 50.5 Å². The van der Waals surface area contributed by atoms with Gasteiger partial charge in [0, 0.05) is 25.1 Å². The molecule has 0 N–H and O–H groups in total. The van der Waals surface area contributed by atoms with Crippen molar-refractivity contribution < 1.29 is 33.4 Å². The molecular formula is C22H29NO7. The van der Waals surface area contributed by atoms with Crippen molar-refractivity contribution >= 4 is 23.6 Å². The molecule has 1 aliphatic rings. The second-order valence-corrected chi connectivity index (χ2v) is 6.95. The van der Waals surface area contributed by atoms with Crippen LogP contribution in [0.15, 0.2) is 24.3 Å². The molecule has 30 heavy (non-hydrogen) atoms. The molecule has 1 heterocycles. The molecule has 0 spiro atoms. The summed E-state index contributed by atoms with van der Waals surface area (Å²) in [5.41, 5.74) is 0.492. The number of piperidine rings is 1. The van der Waals surface area contributed by atoms with Gasteiger partial charge in [0.1, 0.15) is 5.75 Å². The number of carbonyl (C=O) groups is 4. The number of hydrogen-bond donors (Lipinski definition) is 0. The summed E-state index contributed by atoms with van der Waals surface area (Å²) in [5.74, 6) is -0.813. The van der Waals surface area contributed by atoms with Gasteiger partial charge in [0.05, 0.1) is 25.6 Å². The van der Waals surface area contributed by atoms with Gasteiger partial charge in [-0.3, -0.25) is 19.2 Å². The minimum absolute atomic E-state index is 0.00589. The molecule has 1 aromatic rings. The van der Waals surface area contributed by atoms with Crippen molar-refractivity contribution in [2.24, 2.45) is 5.92 Å². The van der Waals surface area contributed by atoms with E-state index < -0.39 is 5.97 Å². The van der Waals surface area contributed by atoms with Crippen molar-refractivity contribution in [1.82, 2.24) is 4.90 Å². The highest BCUT2D eigenvalue weighted by molar-refractivity contribution is 5.97. The zero-order valence-electron chi connectivity index (χ0n) is 17.6. The molecule has 1 fully saturated rings. The van der Waals surface area contributed by atoms with Gasteiger partial charge in [0.2, 0.25) is 0 Å². The fourth-order valence-electron chi connectivity index (χ4n) is 3.19. The van der Waals surface area contributed by atoms with Crippen LogP contribution in [-0.2, 0) is 23.9 Å². The molecule has 1 amide bonds. The van der Waals surface area contributed by atoms with Gasteiger partial charge in [0.15, 0.2) is 12.4 Å². The first kappa shape index (κ1) is 23.4. The van der Waals surface area contributed by atoms with Crippen molar-refractivity contribution in [3.05, 3.63) is 29.8 Å². The highest BCUT2D eigenvalue weighted by atomic mass is 16.5. The van der Waals surface area contributed by atoms with Crippen molar-refractivity contribution in [2.75, 3.05) is 32.9 Å². The normalized spacial score (nSPS) is 14.1. The first-order chi connectivity index (χ1) is 14.4. The first-order valence-corrected chi connectivity index (χ1v) is 10.3. The maximum absolute atomic E-state index is 12.2. The molecule has 0 saturated carbocycles. The Bertz CT molecular complexity index is 736. The third-order valence-electron chi connectivity index (χ3n) is 4.87. The topological polar surface area (TPSA) is 99.2 Å². The number of benzene rings is 1. The number of carbonyl (C=O) groups excluding carboxylic acids is 4. The Morgan fingerprint density at radius 2 is 1.60 bits per heavy atom. The molecule has 0 aromatic heterocycles. The first-order valence-electron chi connectivity index (χ1n) is 10.3. The highest BCUT2D eigenvalue weighted by Gasteiger charge is 2.28. The van der Waals surface area contributed by atoms with Crippen LogP contribution in [0.5, 0.6) is 5.75 Å². The third kappa shape index (κ3) is 7.17. The molecule has 0 radical (unpaired) electrons. The number of nitrogens with zero attached hydrogens (tertiary/aromatic N) is 1. The lowest BCUT2D eigenvalue weighted by molar-refractivity contribution is -0.154. The van der Waals surface area contributed by atoms with E-state index in [1.165, 1.54) is 0 Å². The Morgan fingerprint density at radius 1 is 0.933 bits per heavy atom. The van der Waals surface area contributed by atoms with Crippen LogP contribution < -0.4 is 4.74 Å². The van der Waals surface area contributed by atoms with E-state index in [-0.39, 0.29) is 43.0 Å². The largest absolute Gasteiger partial charge is 0.494 e. The summed E-state index contributed by atoms with van der Waals surface area (Å²) in [5, 5.41) is 0. The molecule has 0 unspecified atom stereocenters. The van der Waals surface area contributed by atoms with Crippen LogP contribution in [0.1, 0.15) is 49.9 Å². The van der Waals surface area contributed by atoms with Gasteiger partial charge in [-0.1, -0.05) is 0 Å². The highest BCUT2D eigenvalue weighted by Crippen LogP contribution is 2.19. The summed E-state index contributed by atoms with van der Waals surface area (Å²) >= 11 is 0. The summed E-state index contributed by atoms with van der Waals surface area (Å²) in [6.07, 6.45) is 0.987. The number of ketones is 1. The molecule has 2 rings (SSSR count). The maximum Gasteiger partial charge on any atom is 0.309 e. The minimum atomic E-state index is -0.593. The number of esters is 2. The number of ether oxygens (including phenoxy) is 3. The summed E-state index contributed by atoms with van der Waals surface area (Å²) in [6, 6.07) is 6.72. The van der Waals surface area contributed by atoms with Crippen molar-refractivity contribution in [3.8, 4) is 5.75 Å². The van der Waals surface area contributed by atoms with Crippen LogP contribution in [0.3, 0.4) is 0 Å². The molecule has 1 aliphatic heterocycles.